The fourth-order valence-corrected chi connectivity index (χ4v) is 1.74. The van der Waals surface area contributed by atoms with Crippen molar-refractivity contribution in [2.75, 3.05) is 0 Å². The Morgan fingerprint density at radius 1 is 1.38 bits per heavy atom. The van der Waals surface area contributed by atoms with Crippen molar-refractivity contribution in [2.45, 2.75) is 18.6 Å². The molecule has 9 heteroatoms. The maximum Gasteiger partial charge on any atom is 0.418 e. The summed E-state index contributed by atoms with van der Waals surface area (Å²) in [5.41, 5.74) is 4.49. The lowest BCUT2D eigenvalue weighted by Gasteiger charge is -2.11. The van der Waals surface area contributed by atoms with Crippen molar-refractivity contribution >= 4 is 5.97 Å². The van der Waals surface area contributed by atoms with Crippen molar-refractivity contribution in [2.24, 2.45) is 5.73 Å². The summed E-state index contributed by atoms with van der Waals surface area (Å²) in [7, 11) is 0. The van der Waals surface area contributed by atoms with E-state index in [0.29, 0.717) is 0 Å². The van der Waals surface area contributed by atoms with Crippen LogP contribution in [0.15, 0.2) is 30.5 Å². The Morgan fingerprint density at radius 2 is 2.05 bits per heavy atom. The Balaban J connectivity index is 2.33. The van der Waals surface area contributed by atoms with Gasteiger partial charge in [0.15, 0.2) is 0 Å². The minimum absolute atomic E-state index is 0.122. The molecule has 0 aliphatic heterocycles. The zero-order valence-electron chi connectivity index (χ0n) is 10.6. The number of halogens is 3. The Hall–Kier alpha value is -2.42. The highest BCUT2D eigenvalue weighted by Gasteiger charge is 2.34. The number of carboxylic acids is 1. The highest BCUT2D eigenvalue weighted by atomic mass is 19.4. The van der Waals surface area contributed by atoms with E-state index in [4.69, 9.17) is 10.8 Å². The molecule has 0 radical (unpaired) electrons. The summed E-state index contributed by atoms with van der Waals surface area (Å²) in [5.74, 6) is -1.22. The van der Waals surface area contributed by atoms with Gasteiger partial charge in [0.25, 0.3) is 0 Å². The van der Waals surface area contributed by atoms with Gasteiger partial charge in [0.05, 0.1) is 23.1 Å². The van der Waals surface area contributed by atoms with Crippen LogP contribution in [-0.4, -0.2) is 32.1 Å². The highest BCUT2D eigenvalue weighted by Crippen LogP contribution is 2.33. The molecule has 2 aromatic rings. The third-order valence-corrected chi connectivity index (χ3v) is 2.74. The number of carboxylic acid groups (broad SMARTS) is 1. The second-order valence-corrected chi connectivity index (χ2v) is 4.32. The van der Waals surface area contributed by atoms with E-state index in [2.05, 4.69) is 10.3 Å². The molecular formula is C12H11F3N4O2. The summed E-state index contributed by atoms with van der Waals surface area (Å²) < 4.78 is 39.6. The molecule has 1 atom stereocenters. The first kappa shape index (κ1) is 15.0. The predicted octanol–water partition coefficient (Wildman–Crippen LogP) is 1.24. The largest absolute Gasteiger partial charge is 0.480 e. The zero-order valence-corrected chi connectivity index (χ0v) is 10.6. The first-order valence-corrected chi connectivity index (χ1v) is 5.85. The van der Waals surface area contributed by atoms with Gasteiger partial charge >= 0.3 is 12.1 Å². The van der Waals surface area contributed by atoms with E-state index in [-0.39, 0.29) is 17.8 Å². The molecule has 6 nitrogen and oxygen atoms in total. The van der Waals surface area contributed by atoms with Gasteiger partial charge in [0.2, 0.25) is 0 Å². The van der Waals surface area contributed by atoms with Gasteiger partial charge in [-0.15, -0.1) is 5.10 Å². The summed E-state index contributed by atoms with van der Waals surface area (Å²) in [5, 5.41) is 15.9. The minimum Gasteiger partial charge on any atom is -0.480 e. The van der Waals surface area contributed by atoms with Crippen molar-refractivity contribution in [3.8, 4) is 5.69 Å². The third kappa shape index (κ3) is 3.37. The molecule has 0 spiro atoms. The number of aliphatic carboxylic acids is 1. The SMILES string of the molecule is NC(Cc1cn(-c2ccccc2C(F)(F)F)nn1)C(=O)O. The van der Waals surface area contributed by atoms with Crippen LogP contribution in [0, 0.1) is 0 Å². The van der Waals surface area contributed by atoms with Gasteiger partial charge in [0.1, 0.15) is 6.04 Å². The molecule has 0 aliphatic carbocycles. The summed E-state index contributed by atoms with van der Waals surface area (Å²) in [6, 6.07) is 3.70. The zero-order chi connectivity index (χ0) is 15.6. The molecule has 0 aliphatic rings. The lowest BCUT2D eigenvalue weighted by atomic mass is 10.1. The van der Waals surface area contributed by atoms with E-state index >= 15 is 0 Å². The van der Waals surface area contributed by atoms with Crippen molar-refractivity contribution in [1.82, 2.24) is 15.0 Å². The highest BCUT2D eigenvalue weighted by molar-refractivity contribution is 5.73. The minimum atomic E-state index is -4.53. The number of nitrogens with zero attached hydrogens (tertiary/aromatic N) is 3. The maximum absolute atomic E-state index is 12.9. The maximum atomic E-state index is 12.9. The fraction of sp³-hybridized carbons (Fsp3) is 0.250. The summed E-state index contributed by atoms with van der Waals surface area (Å²) in [4.78, 5) is 10.6. The second kappa shape index (κ2) is 5.52. The van der Waals surface area contributed by atoms with Crippen molar-refractivity contribution in [3.63, 3.8) is 0 Å². The Labute approximate surface area is 117 Å². The lowest BCUT2D eigenvalue weighted by molar-refractivity contribution is -0.139. The van der Waals surface area contributed by atoms with Crippen LogP contribution in [-0.2, 0) is 17.4 Å². The van der Waals surface area contributed by atoms with E-state index < -0.39 is 23.8 Å². The van der Waals surface area contributed by atoms with Crippen LogP contribution in [0.4, 0.5) is 13.2 Å². The Kier molecular flexibility index (Phi) is 3.94. The first-order chi connectivity index (χ1) is 9.79. The van der Waals surface area contributed by atoms with Crippen molar-refractivity contribution in [3.05, 3.63) is 41.7 Å². The molecule has 112 valence electrons. The van der Waals surface area contributed by atoms with Crippen LogP contribution in [0.3, 0.4) is 0 Å². The Bertz CT molecular complexity index is 654. The normalized spacial score (nSPS) is 13.1. The summed E-state index contributed by atoms with van der Waals surface area (Å²) >= 11 is 0. The van der Waals surface area contributed by atoms with Crippen molar-refractivity contribution in [1.29, 1.82) is 0 Å². The van der Waals surface area contributed by atoms with E-state index in [1.165, 1.54) is 24.4 Å². The van der Waals surface area contributed by atoms with Crippen molar-refractivity contribution < 1.29 is 23.1 Å². The quantitative estimate of drug-likeness (QED) is 0.886. The number of aromatic nitrogens is 3. The number of hydrogen-bond acceptors (Lipinski definition) is 4. The van der Waals surface area contributed by atoms with Crippen LogP contribution in [0.2, 0.25) is 0 Å². The average molecular weight is 300 g/mol. The standard InChI is InChI=1S/C12H11F3N4O2/c13-12(14,15)8-3-1-2-4-10(8)19-6-7(17-18-19)5-9(16)11(20)21/h1-4,6,9H,5,16H2,(H,20,21). The van der Waals surface area contributed by atoms with Gasteiger partial charge in [-0.1, -0.05) is 17.3 Å². The van der Waals surface area contributed by atoms with Gasteiger partial charge in [-0.05, 0) is 12.1 Å². The van der Waals surface area contributed by atoms with Gasteiger partial charge in [0, 0.05) is 6.42 Å². The third-order valence-electron chi connectivity index (χ3n) is 2.74. The number of nitrogens with two attached hydrogens (primary N) is 1. The van der Waals surface area contributed by atoms with Gasteiger partial charge in [-0.25, -0.2) is 4.68 Å². The molecule has 2 rings (SSSR count). The van der Waals surface area contributed by atoms with E-state index in [1.54, 1.807) is 0 Å². The molecule has 21 heavy (non-hydrogen) atoms. The molecule has 0 saturated carbocycles. The van der Waals surface area contributed by atoms with Crippen LogP contribution < -0.4 is 5.73 Å². The van der Waals surface area contributed by atoms with E-state index in [1.807, 2.05) is 0 Å². The summed E-state index contributed by atoms with van der Waals surface area (Å²) in [6.07, 6.45) is -3.42. The van der Waals surface area contributed by atoms with E-state index in [9.17, 15) is 18.0 Å². The fourth-order valence-electron chi connectivity index (χ4n) is 1.74. The molecule has 1 unspecified atom stereocenters. The number of alkyl halides is 3. The monoisotopic (exact) mass is 300 g/mol. The molecule has 1 aromatic heterocycles. The number of carbonyl (C=O) groups is 1. The average Bonchev–Trinajstić information content (AvgIpc) is 2.86. The molecule has 1 aromatic carbocycles. The lowest BCUT2D eigenvalue weighted by Crippen LogP contribution is -2.32. The number of hydrogen-bond donors (Lipinski definition) is 2. The molecule has 0 fully saturated rings. The van der Waals surface area contributed by atoms with Crippen LogP contribution in [0.1, 0.15) is 11.3 Å². The predicted molar refractivity (Wildman–Crippen MR) is 65.7 cm³/mol. The molecule has 1 heterocycles. The summed E-state index contributed by atoms with van der Waals surface area (Å²) in [6.45, 7) is 0. The van der Waals surface area contributed by atoms with E-state index in [0.717, 1.165) is 10.7 Å². The molecule has 0 amide bonds. The Morgan fingerprint density at radius 3 is 2.67 bits per heavy atom. The first-order valence-electron chi connectivity index (χ1n) is 5.85. The van der Waals surface area contributed by atoms with Gasteiger partial charge in [-0.2, -0.15) is 13.2 Å². The van der Waals surface area contributed by atoms with Gasteiger partial charge < -0.3 is 10.8 Å². The van der Waals surface area contributed by atoms with Gasteiger partial charge in [-0.3, -0.25) is 4.79 Å². The number of rotatable bonds is 4. The second-order valence-electron chi connectivity index (χ2n) is 4.32. The molecular weight excluding hydrogens is 289 g/mol. The van der Waals surface area contributed by atoms with Crippen LogP contribution in [0.25, 0.3) is 5.69 Å². The van der Waals surface area contributed by atoms with Crippen LogP contribution in [0.5, 0.6) is 0 Å². The topological polar surface area (TPSA) is 94.0 Å². The molecule has 0 bridgehead atoms. The molecule has 3 N–H and O–H groups in total. The number of benzene rings is 1. The smallest absolute Gasteiger partial charge is 0.418 e. The molecule has 0 saturated heterocycles. The number of para-hydroxylation sites is 1. The van der Waals surface area contributed by atoms with Crippen LogP contribution >= 0.6 is 0 Å².